The van der Waals surface area contributed by atoms with Crippen molar-refractivity contribution in [2.24, 2.45) is 22.7 Å². The van der Waals surface area contributed by atoms with Crippen LogP contribution in [-0.2, 0) is 28.7 Å². The van der Waals surface area contributed by atoms with Crippen LogP contribution >= 0.6 is 0 Å². The molecule has 0 spiro atoms. The van der Waals surface area contributed by atoms with Gasteiger partial charge in [0.2, 0.25) is 5.78 Å². The molecule has 3 fully saturated rings. The molecule has 4 aliphatic carbocycles. The Labute approximate surface area is 197 Å². The molecule has 0 aliphatic heterocycles. The summed E-state index contributed by atoms with van der Waals surface area (Å²) in [6.45, 7) is 4.80. The number of esters is 2. The fourth-order valence-electron chi connectivity index (χ4n) is 7.31. The smallest absolute Gasteiger partial charge is 0.303 e. The molecule has 0 saturated heterocycles. The number of ketones is 2. The lowest BCUT2D eigenvalue weighted by Gasteiger charge is -2.62. The molecule has 4 rings (SSSR count). The molecule has 2 N–H and O–H groups in total. The largest absolute Gasteiger partial charge is 0.459 e. The Balaban J connectivity index is 1.80. The minimum absolute atomic E-state index is 0.0131. The first kappa shape index (κ1) is 24.7. The topological polar surface area (TPSA) is 127 Å². The summed E-state index contributed by atoms with van der Waals surface area (Å²) < 4.78 is 27.4. The van der Waals surface area contributed by atoms with Gasteiger partial charge in [-0.15, -0.1) is 0 Å². The van der Waals surface area contributed by atoms with E-state index in [0.29, 0.717) is 12.0 Å². The summed E-state index contributed by atoms with van der Waals surface area (Å²) in [6.07, 6.45) is 1.82. The molecule has 0 heterocycles. The number of fused-ring (bicyclic) bond motifs is 5. The van der Waals surface area contributed by atoms with E-state index < -0.39 is 70.5 Å². The zero-order valence-corrected chi connectivity index (χ0v) is 19.8. The van der Waals surface area contributed by atoms with Crippen LogP contribution in [0, 0.1) is 22.7 Å². The van der Waals surface area contributed by atoms with E-state index in [2.05, 4.69) is 0 Å². The number of carbonyl (C=O) groups excluding carboxylic acids is 4. The highest BCUT2D eigenvalue weighted by Crippen LogP contribution is 2.70. The lowest BCUT2D eigenvalue weighted by molar-refractivity contribution is -0.224. The molecule has 4 unspecified atom stereocenters. The lowest BCUT2D eigenvalue weighted by Crippen LogP contribution is -2.70. The van der Waals surface area contributed by atoms with E-state index in [4.69, 9.17) is 9.47 Å². The van der Waals surface area contributed by atoms with Gasteiger partial charge in [0.05, 0.1) is 6.10 Å². The molecule has 4 aliphatic rings. The monoisotopic (exact) mass is 478 g/mol. The van der Waals surface area contributed by atoms with E-state index in [1.807, 2.05) is 0 Å². The van der Waals surface area contributed by atoms with Gasteiger partial charge in [-0.3, -0.25) is 19.2 Å². The quantitative estimate of drug-likeness (QED) is 0.586. The Morgan fingerprint density at radius 3 is 2.47 bits per heavy atom. The fraction of sp³-hybridized carbons (Fsp3) is 0.680. The molecule has 8 atom stereocenters. The van der Waals surface area contributed by atoms with E-state index in [-0.39, 0.29) is 25.0 Å². The van der Waals surface area contributed by atoms with Gasteiger partial charge < -0.3 is 19.7 Å². The van der Waals surface area contributed by atoms with Crippen molar-refractivity contribution in [3.8, 4) is 0 Å². The summed E-state index contributed by atoms with van der Waals surface area (Å²) >= 11 is 0. The highest BCUT2D eigenvalue weighted by Gasteiger charge is 2.77. The van der Waals surface area contributed by atoms with Gasteiger partial charge in [-0.1, -0.05) is 18.6 Å². The second-order valence-electron chi connectivity index (χ2n) is 10.6. The second kappa shape index (κ2) is 7.81. The Hall–Kier alpha value is -2.39. The van der Waals surface area contributed by atoms with Crippen LogP contribution in [0.5, 0.6) is 0 Å². The van der Waals surface area contributed by atoms with Crippen molar-refractivity contribution < 1.29 is 43.3 Å². The average Bonchev–Trinajstić information content (AvgIpc) is 2.95. The molecule has 3 saturated carbocycles. The van der Waals surface area contributed by atoms with Gasteiger partial charge >= 0.3 is 11.9 Å². The number of alkyl halides is 1. The number of aliphatic hydroxyl groups excluding tert-OH is 1. The van der Waals surface area contributed by atoms with Crippen LogP contribution in [-0.4, -0.2) is 63.8 Å². The number of aliphatic hydroxyl groups is 2. The SMILES string of the molecule is CC(=O)OCC(=O)[C@@]1(O)C(OC(C)=O)CC2C3CCC4=CC(=O)C=C[C@]4(C)[C@@]3(F)C(O)C[C@@]21C. The van der Waals surface area contributed by atoms with Crippen LogP contribution < -0.4 is 0 Å². The van der Waals surface area contributed by atoms with Crippen molar-refractivity contribution in [3.05, 3.63) is 23.8 Å². The summed E-state index contributed by atoms with van der Waals surface area (Å²) in [5.74, 6) is -3.93. The molecule has 0 amide bonds. The van der Waals surface area contributed by atoms with E-state index >= 15 is 4.39 Å². The first-order valence-electron chi connectivity index (χ1n) is 11.6. The zero-order valence-electron chi connectivity index (χ0n) is 19.8. The Morgan fingerprint density at radius 1 is 1.18 bits per heavy atom. The average molecular weight is 479 g/mol. The van der Waals surface area contributed by atoms with Gasteiger partial charge in [0.1, 0.15) is 6.10 Å². The number of hydrogen-bond donors (Lipinski definition) is 2. The van der Waals surface area contributed by atoms with E-state index in [9.17, 15) is 29.4 Å². The van der Waals surface area contributed by atoms with E-state index in [1.54, 1.807) is 13.8 Å². The fourth-order valence-corrected chi connectivity index (χ4v) is 7.31. The molecule has 0 aromatic carbocycles. The van der Waals surface area contributed by atoms with Gasteiger partial charge in [-0.2, -0.15) is 0 Å². The van der Waals surface area contributed by atoms with Crippen molar-refractivity contribution >= 4 is 23.5 Å². The van der Waals surface area contributed by atoms with Crippen molar-refractivity contribution in [3.63, 3.8) is 0 Å². The van der Waals surface area contributed by atoms with Crippen LogP contribution in [0.1, 0.15) is 53.4 Å². The maximum Gasteiger partial charge on any atom is 0.303 e. The first-order chi connectivity index (χ1) is 15.7. The molecule has 0 aromatic rings. The predicted molar refractivity (Wildman–Crippen MR) is 116 cm³/mol. The molecular weight excluding hydrogens is 447 g/mol. The third kappa shape index (κ3) is 3.09. The summed E-state index contributed by atoms with van der Waals surface area (Å²) in [7, 11) is 0. The normalized spacial score (nSPS) is 44.9. The van der Waals surface area contributed by atoms with E-state index in [1.165, 1.54) is 18.2 Å². The number of halogens is 1. The van der Waals surface area contributed by atoms with Crippen molar-refractivity contribution in [2.45, 2.75) is 76.9 Å². The minimum atomic E-state index is -2.28. The molecular formula is C25H31FO8. The van der Waals surface area contributed by atoms with Crippen LogP contribution in [0.4, 0.5) is 4.39 Å². The number of hydrogen-bond acceptors (Lipinski definition) is 8. The molecule has 9 heteroatoms. The first-order valence-corrected chi connectivity index (χ1v) is 11.6. The van der Waals surface area contributed by atoms with Crippen molar-refractivity contribution in [1.29, 1.82) is 0 Å². The highest BCUT2D eigenvalue weighted by molar-refractivity contribution is 6.01. The minimum Gasteiger partial charge on any atom is -0.459 e. The predicted octanol–water partition coefficient (Wildman–Crippen LogP) is 1.76. The number of allylic oxidation sites excluding steroid dienone is 4. The number of rotatable bonds is 4. The van der Waals surface area contributed by atoms with Crippen LogP contribution in [0.3, 0.4) is 0 Å². The van der Waals surface area contributed by atoms with Gasteiger partial charge in [0, 0.05) is 30.6 Å². The lowest BCUT2D eigenvalue weighted by atomic mass is 9.44. The highest BCUT2D eigenvalue weighted by atomic mass is 19.1. The number of carbonyl (C=O) groups is 4. The standard InChI is InChI=1S/C25H31FO8/c1-13(27)33-12-20(31)25(32)21(34-14(2)28)10-18-17-6-5-15-9-16(29)7-8-22(15,3)24(17,26)19(30)11-23(18,25)4/h7-9,17-19,21,30,32H,5-6,10-12H2,1-4H3/t17?,18?,19?,21?,22-,23-,24-,25+/m0/s1. The summed E-state index contributed by atoms with van der Waals surface area (Å²) in [5, 5.41) is 23.1. The maximum atomic E-state index is 17.2. The molecule has 0 bridgehead atoms. The summed E-state index contributed by atoms with van der Waals surface area (Å²) in [4.78, 5) is 48.4. The third-order valence-electron chi connectivity index (χ3n) is 8.98. The molecule has 34 heavy (non-hydrogen) atoms. The second-order valence-corrected chi connectivity index (χ2v) is 10.6. The number of ether oxygens (including phenoxy) is 2. The summed E-state index contributed by atoms with van der Waals surface area (Å²) in [5.41, 5.74) is -6.42. The molecule has 0 radical (unpaired) electrons. The number of Topliss-reactive ketones (excluding diaryl/α,β-unsaturated/α-hetero) is 1. The Bertz CT molecular complexity index is 1020. The molecule has 186 valence electrons. The van der Waals surface area contributed by atoms with Gasteiger partial charge in [0.15, 0.2) is 23.7 Å². The molecule has 0 aromatic heterocycles. The Kier molecular flexibility index (Phi) is 5.68. The van der Waals surface area contributed by atoms with Gasteiger partial charge in [0.25, 0.3) is 0 Å². The van der Waals surface area contributed by atoms with Crippen LogP contribution in [0.25, 0.3) is 0 Å². The summed E-state index contributed by atoms with van der Waals surface area (Å²) in [6, 6.07) is 0. The van der Waals surface area contributed by atoms with E-state index in [0.717, 1.165) is 13.8 Å². The third-order valence-corrected chi connectivity index (χ3v) is 8.98. The van der Waals surface area contributed by atoms with Crippen molar-refractivity contribution in [2.75, 3.05) is 6.61 Å². The van der Waals surface area contributed by atoms with Crippen LogP contribution in [0.2, 0.25) is 0 Å². The van der Waals surface area contributed by atoms with Gasteiger partial charge in [-0.25, -0.2) is 4.39 Å². The van der Waals surface area contributed by atoms with Crippen molar-refractivity contribution in [1.82, 2.24) is 0 Å². The van der Waals surface area contributed by atoms with Gasteiger partial charge in [-0.05, 0) is 50.7 Å². The Morgan fingerprint density at radius 2 is 1.85 bits per heavy atom. The maximum absolute atomic E-state index is 17.2. The zero-order chi connectivity index (χ0) is 25.3. The van der Waals surface area contributed by atoms with Crippen LogP contribution in [0.15, 0.2) is 23.8 Å². The molecule has 8 nitrogen and oxygen atoms in total.